The first-order valence-electron chi connectivity index (χ1n) is 8.07. The largest absolute Gasteiger partial charge is 0.331 e. The molecule has 120 valence electrons. The molecule has 23 heavy (non-hydrogen) atoms. The maximum Gasteiger partial charge on any atom is 0.319 e. The average molecular weight is 420 g/mol. The van der Waals surface area contributed by atoms with Gasteiger partial charge in [-0.3, -0.25) is 0 Å². The number of carbonyl (C=O) groups excluding carboxylic acids is 1. The van der Waals surface area contributed by atoms with E-state index >= 15 is 0 Å². The molecular formula is C19H21IN2O. The molecule has 0 saturated carbocycles. The fourth-order valence-electron chi connectivity index (χ4n) is 3.02. The van der Waals surface area contributed by atoms with Gasteiger partial charge in [0.15, 0.2) is 0 Å². The number of carbonyl (C=O) groups is 1. The van der Waals surface area contributed by atoms with Crippen LogP contribution in [0.2, 0.25) is 0 Å². The molecule has 0 spiro atoms. The fourth-order valence-corrected chi connectivity index (χ4v) is 3.55. The molecule has 4 heteroatoms. The van der Waals surface area contributed by atoms with Gasteiger partial charge in [0.1, 0.15) is 0 Å². The lowest BCUT2D eigenvalue weighted by atomic mass is 9.89. The summed E-state index contributed by atoms with van der Waals surface area (Å²) in [6.07, 6.45) is 4.90. The molecule has 0 heterocycles. The van der Waals surface area contributed by atoms with Gasteiger partial charge in [-0.05, 0) is 84.0 Å². The highest BCUT2D eigenvalue weighted by atomic mass is 127. The number of anilines is 1. The molecule has 2 aromatic rings. The lowest BCUT2D eigenvalue weighted by Gasteiger charge is -2.20. The Balaban J connectivity index is 1.65. The van der Waals surface area contributed by atoms with Gasteiger partial charge in [-0.15, -0.1) is 0 Å². The second-order valence-corrected chi connectivity index (χ2v) is 7.20. The maximum atomic E-state index is 12.2. The van der Waals surface area contributed by atoms with Crippen LogP contribution in [0, 0.1) is 3.57 Å². The van der Waals surface area contributed by atoms with E-state index in [1.165, 1.54) is 36.0 Å². The Morgan fingerprint density at radius 1 is 1.09 bits per heavy atom. The van der Waals surface area contributed by atoms with Crippen LogP contribution in [0.15, 0.2) is 42.5 Å². The smallest absolute Gasteiger partial charge is 0.319 e. The minimum Gasteiger partial charge on any atom is -0.331 e. The molecule has 2 N–H and O–H groups in total. The van der Waals surface area contributed by atoms with E-state index in [2.05, 4.69) is 51.4 Å². The minimum atomic E-state index is -0.167. The van der Waals surface area contributed by atoms with Gasteiger partial charge in [-0.2, -0.15) is 0 Å². The molecular weight excluding hydrogens is 399 g/mol. The van der Waals surface area contributed by atoms with E-state index in [1.54, 1.807) is 0 Å². The van der Waals surface area contributed by atoms with Crippen LogP contribution in [-0.4, -0.2) is 6.03 Å². The van der Waals surface area contributed by atoms with Crippen molar-refractivity contribution < 1.29 is 4.79 Å². The molecule has 2 amide bonds. The standard InChI is InChI=1S/C19H21IN2O/c1-13(15-11-10-14-6-2-3-7-16(14)12-15)21-19(23)22-18-9-5-4-8-17(18)20/h4-5,8-13H,2-3,6-7H2,1H3,(H2,21,22,23). The number of urea groups is 1. The van der Waals surface area contributed by atoms with Crippen molar-refractivity contribution in [2.45, 2.75) is 38.6 Å². The molecule has 0 aliphatic heterocycles. The summed E-state index contributed by atoms with van der Waals surface area (Å²) in [5, 5.41) is 5.94. The van der Waals surface area contributed by atoms with Crippen LogP contribution in [0.5, 0.6) is 0 Å². The first-order chi connectivity index (χ1) is 11.1. The number of amides is 2. The maximum absolute atomic E-state index is 12.2. The zero-order valence-corrected chi connectivity index (χ0v) is 15.4. The van der Waals surface area contributed by atoms with Crippen molar-refractivity contribution in [2.75, 3.05) is 5.32 Å². The lowest BCUT2D eigenvalue weighted by molar-refractivity contribution is 0.249. The van der Waals surface area contributed by atoms with Crippen LogP contribution >= 0.6 is 22.6 Å². The van der Waals surface area contributed by atoms with Gasteiger partial charge >= 0.3 is 6.03 Å². The Labute approximate surface area is 151 Å². The Hall–Kier alpha value is -1.56. The first-order valence-corrected chi connectivity index (χ1v) is 9.15. The van der Waals surface area contributed by atoms with Gasteiger partial charge in [0, 0.05) is 3.57 Å². The Kier molecular flexibility index (Phi) is 5.20. The lowest BCUT2D eigenvalue weighted by Crippen LogP contribution is -2.31. The summed E-state index contributed by atoms with van der Waals surface area (Å²) >= 11 is 2.22. The van der Waals surface area contributed by atoms with E-state index in [0.717, 1.165) is 15.7 Å². The van der Waals surface area contributed by atoms with Crippen molar-refractivity contribution >= 4 is 34.3 Å². The number of halogens is 1. The summed E-state index contributed by atoms with van der Waals surface area (Å²) in [7, 11) is 0. The molecule has 0 aromatic heterocycles. The number of hydrogen-bond donors (Lipinski definition) is 2. The third-order valence-electron chi connectivity index (χ3n) is 4.34. The molecule has 1 unspecified atom stereocenters. The number of rotatable bonds is 3. The number of para-hydroxylation sites is 1. The van der Waals surface area contributed by atoms with Gasteiger partial charge in [0.05, 0.1) is 11.7 Å². The van der Waals surface area contributed by atoms with Crippen LogP contribution in [0.25, 0.3) is 0 Å². The number of fused-ring (bicyclic) bond motifs is 1. The third kappa shape index (κ3) is 4.05. The molecule has 0 radical (unpaired) electrons. The zero-order valence-electron chi connectivity index (χ0n) is 13.2. The summed E-state index contributed by atoms with van der Waals surface area (Å²) in [6.45, 7) is 2.03. The average Bonchev–Trinajstić information content (AvgIpc) is 2.56. The third-order valence-corrected chi connectivity index (χ3v) is 5.28. The van der Waals surface area contributed by atoms with E-state index in [-0.39, 0.29) is 12.1 Å². The number of benzene rings is 2. The second-order valence-electron chi connectivity index (χ2n) is 6.04. The van der Waals surface area contributed by atoms with E-state index in [4.69, 9.17) is 0 Å². The fraction of sp³-hybridized carbons (Fsp3) is 0.316. The van der Waals surface area contributed by atoms with Crippen LogP contribution in [-0.2, 0) is 12.8 Å². The van der Waals surface area contributed by atoms with Crippen LogP contribution in [0.4, 0.5) is 10.5 Å². The monoisotopic (exact) mass is 420 g/mol. The predicted molar refractivity (Wildman–Crippen MR) is 103 cm³/mol. The predicted octanol–water partition coefficient (Wildman–Crippen LogP) is 5.05. The summed E-state index contributed by atoms with van der Waals surface area (Å²) < 4.78 is 1.03. The van der Waals surface area contributed by atoms with Gasteiger partial charge in [-0.1, -0.05) is 30.3 Å². The molecule has 2 aromatic carbocycles. The molecule has 1 aliphatic carbocycles. The highest BCUT2D eigenvalue weighted by molar-refractivity contribution is 14.1. The molecule has 0 bridgehead atoms. The van der Waals surface area contributed by atoms with Crippen LogP contribution < -0.4 is 10.6 Å². The molecule has 1 atom stereocenters. The van der Waals surface area contributed by atoms with Crippen LogP contribution in [0.3, 0.4) is 0 Å². The quantitative estimate of drug-likeness (QED) is 0.671. The van der Waals surface area contributed by atoms with Gasteiger partial charge in [0.2, 0.25) is 0 Å². The first kappa shape index (κ1) is 16.3. The van der Waals surface area contributed by atoms with Crippen LogP contribution in [0.1, 0.15) is 42.5 Å². The number of aryl methyl sites for hydroxylation is 2. The normalized spacial score (nSPS) is 14.7. The van der Waals surface area contributed by atoms with E-state index in [1.807, 2.05) is 31.2 Å². The van der Waals surface area contributed by atoms with Gasteiger partial charge < -0.3 is 10.6 Å². The second kappa shape index (κ2) is 7.34. The van der Waals surface area contributed by atoms with Gasteiger partial charge in [-0.25, -0.2) is 4.79 Å². The summed E-state index contributed by atoms with van der Waals surface area (Å²) in [5.74, 6) is 0. The minimum absolute atomic E-state index is 0.0106. The Morgan fingerprint density at radius 3 is 2.61 bits per heavy atom. The van der Waals surface area contributed by atoms with Crippen molar-refractivity contribution in [3.8, 4) is 0 Å². The summed E-state index contributed by atoms with van der Waals surface area (Å²) in [5.41, 5.74) is 4.92. The Bertz CT molecular complexity index is 714. The highest BCUT2D eigenvalue weighted by Crippen LogP contribution is 2.25. The summed E-state index contributed by atoms with van der Waals surface area (Å²) in [4.78, 5) is 12.2. The van der Waals surface area contributed by atoms with Crippen molar-refractivity contribution in [3.63, 3.8) is 0 Å². The van der Waals surface area contributed by atoms with Crippen molar-refractivity contribution in [3.05, 3.63) is 62.7 Å². The molecule has 1 aliphatic rings. The molecule has 3 nitrogen and oxygen atoms in total. The SMILES string of the molecule is CC(NC(=O)Nc1ccccc1I)c1ccc2c(c1)CCCC2. The van der Waals surface area contributed by atoms with Gasteiger partial charge in [0.25, 0.3) is 0 Å². The molecule has 0 fully saturated rings. The molecule has 0 saturated heterocycles. The van der Waals surface area contributed by atoms with Crippen molar-refractivity contribution in [2.24, 2.45) is 0 Å². The topological polar surface area (TPSA) is 41.1 Å². The Morgan fingerprint density at radius 2 is 1.83 bits per heavy atom. The van der Waals surface area contributed by atoms with E-state index < -0.39 is 0 Å². The van der Waals surface area contributed by atoms with E-state index in [9.17, 15) is 4.79 Å². The highest BCUT2D eigenvalue weighted by Gasteiger charge is 2.14. The van der Waals surface area contributed by atoms with Crippen molar-refractivity contribution in [1.82, 2.24) is 5.32 Å². The number of hydrogen-bond acceptors (Lipinski definition) is 1. The number of nitrogens with one attached hydrogen (secondary N) is 2. The van der Waals surface area contributed by atoms with Crippen molar-refractivity contribution in [1.29, 1.82) is 0 Å². The van der Waals surface area contributed by atoms with E-state index in [0.29, 0.717) is 0 Å². The summed E-state index contributed by atoms with van der Waals surface area (Å²) in [6, 6.07) is 14.2. The zero-order chi connectivity index (χ0) is 16.2. The molecule has 3 rings (SSSR count).